The summed E-state index contributed by atoms with van der Waals surface area (Å²) in [5.74, 6) is 0.937. The molecule has 7 nitrogen and oxygen atoms in total. The highest BCUT2D eigenvalue weighted by Gasteiger charge is 2.25. The lowest BCUT2D eigenvalue weighted by atomic mass is 10.2. The molecular formula is C22H27BrN2O5S. The Bertz CT molecular complexity index is 989. The van der Waals surface area contributed by atoms with Gasteiger partial charge in [0.15, 0.2) is 6.61 Å². The molecule has 1 amide bonds. The molecule has 2 aromatic carbocycles. The fourth-order valence-electron chi connectivity index (χ4n) is 3.23. The summed E-state index contributed by atoms with van der Waals surface area (Å²) >= 11 is 3.42. The minimum Gasteiger partial charge on any atom is -0.492 e. The van der Waals surface area contributed by atoms with Crippen LogP contribution in [0.2, 0.25) is 0 Å². The normalized spacial score (nSPS) is 14.8. The van der Waals surface area contributed by atoms with E-state index in [1.165, 1.54) is 0 Å². The van der Waals surface area contributed by atoms with Gasteiger partial charge in [-0.25, -0.2) is 8.42 Å². The van der Waals surface area contributed by atoms with Gasteiger partial charge in [0.1, 0.15) is 18.1 Å². The van der Waals surface area contributed by atoms with Crippen LogP contribution in [0.3, 0.4) is 0 Å². The Labute approximate surface area is 191 Å². The lowest BCUT2D eigenvalue weighted by Crippen LogP contribution is -2.35. The summed E-state index contributed by atoms with van der Waals surface area (Å²) in [4.78, 5) is 12.2. The van der Waals surface area contributed by atoms with Gasteiger partial charge in [0.05, 0.1) is 11.4 Å². The number of hydrogen-bond acceptors (Lipinski definition) is 5. The Kier molecular flexibility index (Phi) is 8.34. The molecule has 1 heterocycles. The van der Waals surface area contributed by atoms with Crippen LogP contribution in [0.15, 0.2) is 51.8 Å². The Hall–Kier alpha value is -2.10. The van der Waals surface area contributed by atoms with E-state index in [4.69, 9.17) is 9.47 Å². The first-order chi connectivity index (χ1) is 14.9. The van der Waals surface area contributed by atoms with Crippen molar-refractivity contribution in [3.8, 4) is 11.5 Å². The van der Waals surface area contributed by atoms with E-state index >= 15 is 0 Å². The van der Waals surface area contributed by atoms with Gasteiger partial charge in [-0.05, 0) is 67.8 Å². The number of nitrogens with zero attached hydrogens (tertiary/aromatic N) is 1. The number of hydrogen-bond donors (Lipinski definition) is 1. The molecule has 0 atom stereocenters. The van der Waals surface area contributed by atoms with E-state index in [2.05, 4.69) is 21.2 Å². The number of ether oxygens (including phenoxy) is 2. The number of aryl methyl sites for hydroxylation is 1. The van der Waals surface area contributed by atoms with Crippen LogP contribution < -0.4 is 14.8 Å². The zero-order valence-electron chi connectivity index (χ0n) is 17.5. The van der Waals surface area contributed by atoms with Crippen LogP contribution >= 0.6 is 15.9 Å². The van der Waals surface area contributed by atoms with Crippen LogP contribution in [-0.2, 0) is 14.8 Å². The van der Waals surface area contributed by atoms with Crippen molar-refractivity contribution in [1.82, 2.24) is 9.62 Å². The van der Waals surface area contributed by atoms with Gasteiger partial charge in [0.25, 0.3) is 5.91 Å². The molecule has 0 unspecified atom stereocenters. The highest BCUT2D eigenvalue weighted by Crippen LogP contribution is 2.23. The number of amides is 1. The van der Waals surface area contributed by atoms with Crippen LogP contribution in [0.4, 0.5) is 0 Å². The molecule has 0 aromatic heterocycles. The molecule has 0 saturated carbocycles. The van der Waals surface area contributed by atoms with Crippen LogP contribution in [0.5, 0.6) is 11.5 Å². The van der Waals surface area contributed by atoms with Gasteiger partial charge >= 0.3 is 0 Å². The molecule has 0 aliphatic carbocycles. The van der Waals surface area contributed by atoms with Gasteiger partial charge in [0.2, 0.25) is 10.0 Å². The highest BCUT2D eigenvalue weighted by atomic mass is 79.9. The lowest BCUT2D eigenvalue weighted by Gasteiger charge is -2.25. The summed E-state index contributed by atoms with van der Waals surface area (Å²) in [6, 6.07) is 11.9. The van der Waals surface area contributed by atoms with Crippen molar-refractivity contribution in [3.05, 3.63) is 52.5 Å². The zero-order chi connectivity index (χ0) is 22.3. The number of benzene rings is 2. The standard InChI is InChI=1S/C22H27BrN2O5S/c1-17-15-19(7-10-21(17)23)30-16-22(26)24-11-14-29-18-5-8-20(9-6-18)31(27,28)25-12-3-2-4-13-25/h5-10,15H,2-4,11-14,16H2,1H3,(H,24,26). The van der Waals surface area contributed by atoms with Crippen molar-refractivity contribution in [1.29, 1.82) is 0 Å². The third-order valence-electron chi connectivity index (χ3n) is 4.97. The number of halogens is 1. The summed E-state index contributed by atoms with van der Waals surface area (Å²) in [5.41, 5.74) is 1.03. The molecule has 1 aliphatic heterocycles. The van der Waals surface area contributed by atoms with Crippen molar-refractivity contribution >= 4 is 31.9 Å². The molecule has 168 valence electrons. The smallest absolute Gasteiger partial charge is 0.258 e. The van der Waals surface area contributed by atoms with Gasteiger partial charge in [-0.15, -0.1) is 0 Å². The second-order valence-corrected chi connectivity index (χ2v) is 10.1. The minimum absolute atomic E-state index is 0.0792. The molecule has 1 aliphatic rings. The summed E-state index contributed by atoms with van der Waals surface area (Å²) < 4.78 is 38.9. The van der Waals surface area contributed by atoms with E-state index in [0.29, 0.717) is 31.1 Å². The molecule has 3 rings (SSSR count). The fraction of sp³-hybridized carbons (Fsp3) is 0.409. The number of sulfonamides is 1. The number of piperidine rings is 1. The van der Waals surface area contributed by atoms with E-state index in [1.807, 2.05) is 19.1 Å². The Morgan fingerprint density at radius 3 is 2.39 bits per heavy atom. The first-order valence-electron chi connectivity index (χ1n) is 10.2. The zero-order valence-corrected chi connectivity index (χ0v) is 19.9. The molecule has 0 radical (unpaired) electrons. The lowest BCUT2D eigenvalue weighted by molar-refractivity contribution is -0.123. The van der Waals surface area contributed by atoms with E-state index in [-0.39, 0.29) is 24.0 Å². The topological polar surface area (TPSA) is 84.9 Å². The van der Waals surface area contributed by atoms with Gasteiger partial charge in [-0.1, -0.05) is 22.4 Å². The molecule has 1 saturated heterocycles. The summed E-state index contributed by atoms with van der Waals surface area (Å²) in [7, 11) is -3.45. The second kappa shape index (κ2) is 11.0. The predicted octanol–water partition coefficient (Wildman–Crippen LogP) is 3.51. The van der Waals surface area contributed by atoms with Gasteiger partial charge in [0, 0.05) is 17.6 Å². The number of rotatable bonds is 9. The van der Waals surface area contributed by atoms with Gasteiger partial charge < -0.3 is 14.8 Å². The molecule has 1 N–H and O–H groups in total. The van der Waals surface area contributed by atoms with Crippen molar-refractivity contribution in [2.75, 3.05) is 32.8 Å². The third kappa shape index (κ3) is 6.69. The van der Waals surface area contributed by atoms with Crippen molar-refractivity contribution < 1.29 is 22.7 Å². The average molecular weight is 511 g/mol. The number of carbonyl (C=O) groups is 1. The SMILES string of the molecule is Cc1cc(OCC(=O)NCCOc2ccc(S(=O)(=O)N3CCCCC3)cc2)ccc1Br. The largest absolute Gasteiger partial charge is 0.492 e. The van der Waals surface area contributed by atoms with Crippen molar-refractivity contribution in [2.24, 2.45) is 0 Å². The van der Waals surface area contributed by atoms with E-state index in [0.717, 1.165) is 29.3 Å². The Balaban J connectivity index is 1.39. The first kappa shape index (κ1) is 23.6. The van der Waals surface area contributed by atoms with Gasteiger partial charge in [-0.2, -0.15) is 4.31 Å². The quantitative estimate of drug-likeness (QED) is 0.521. The van der Waals surface area contributed by atoms with Crippen LogP contribution in [-0.4, -0.2) is 51.5 Å². The molecular weight excluding hydrogens is 484 g/mol. The van der Waals surface area contributed by atoms with E-state index in [1.54, 1.807) is 34.6 Å². The Morgan fingerprint density at radius 2 is 1.71 bits per heavy atom. The number of nitrogens with one attached hydrogen (secondary N) is 1. The Morgan fingerprint density at radius 1 is 1.03 bits per heavy atom. The van der Waals surface area contributed by atoms with Gasteiger partial charge in [-0.3, -0.25) is 4.79 Å². The molecule has 31 heavy (non-hydrogen) atoms. The molecule has 0 spiro atoms. The van der Waals surface area contributed by atoms with Crippen LogP contribution in [0, 0.1) is 6.92 Å². The molecule has 2 aromatic rings. The predicted molar refractivity (Wildman–Crippen MR) is 122 cm³/mol. The first-order valence-corrected chi connectivity index (χ1v) is 12.5. The maximum Gasteiger partial charge on any atom is 0.258 e. The van der Waals surface area contributed by atoms with Crippen molar-refractivity contribution in [3.63, 3.8) is 0 Å². The monoisotopic (exact) mass is 510 g/mol. The fourth-order valence-corrected chi connectivity index (χ4v) is 4.99. The number of carbonyl (C=O) groups excluding carboxylic acids is 1. The van der Waals surface area contributed by atoms with Crippen LogP contribution in [0.25, 0.3) is 0 Å². The second-order valence-electron chi connectivity index (χ2n) is 7.33. The average Bonchev–Trinajstić information content (AvgIpc) is 2.78. The van der Waals surface area contributed by atoms with E-state index < -0.39 is 10.0 Å². The summed E-state index contributed by atoms with van der Waals surface area (Å²) in [6.07, 6.45) is 2.88. The molecule has 9 heteroatoms. The molecule has 1 fully saturated rings. The maximum absolute atomic E-state index is 12.7. The van der Waals surface area contributed by atoms with Crippen LogP contribution in [0.1, 0.15) is 24.8 Å². The highest BCUT2D eigenvalue weighted by molar-refractivity contribution is 9.10. The summed E-state index contributed by atoms with van der Waals surface area (Å²) in [5, 5.41) is 2.73. The van der Waals surface area contributed by atoms with E-state index in [9.17, 15) is 13.2 Å². The minimum atomic E-state index is -3.45. The third-order valence-corrected chi connectivity index (χ3v) is 7.77. The summed E-state index contributed by atoms with van der Waals surface area (Å²) in [6.45, 7) is 3.60. The van der Waals surface area contributed by atoms with Crippen molar-refractivity contribution in [2.45, 2.75) is 31.1 Å². The maximum atomic E-state index is 12.7. The molecule has 0 bridgehead atoms.